The first-order valence-corrected chi connectivity index (χ1v) is 5.25. The number of rotatable bonds is 4. The van der Waals surface area contributed by atoms with Gasteiger partial charge in [-0.3, -0.25) is 4.79 Å². The lowest BCUT2D eigenvalue weighted by atomic mass is 10.2. The number of hydrogen-bond donors (Lipinski definition) is 1. The number of esters is 1. The molecular formula is C13H12N2O3. The van der Waals surface area contributed by atoms with Gasteiger partial charge in [-0.2, -0.15) is 5.26 Å². The maximum Gasteiger partial charge on any atom is 0.330 e. The number of nitriles is 1. The van der Waals surface area contributed by atoms with Crippen molar-refractivity contribution in [3.63, 3.8) is 0 Å². The summed E-state index contributed by atoms with van der Waals surface area (Å²) in [5, 5.41) is 11.1. The van der Waals surface area contributed by atoms with E-state index in [-0.39, 0.29) is 6.61 Å². The highest BCUT2D eigenvalue weighted by Gasteiger charge is 2.05. The molecule has 0 radical (unpaired) electrons. The largest absolute Gasteiger partial charge is 0.452 e. The zero-order valence-corrected chi connectivity index (χ0v) is 9.84. The molecule has 1 amide bonds. The molecule has 0 atom stereocenters. The molecule has 1 N–H and O–H groups in total. The van der Waals surface area contributed by atoms with E-state index in [4.69, 9.17) is 5.26 Å². The van der Waals surface area contributed by atoms with Gasteiger partial charge in [0.1, 0.15) is 0 Å². The Balaban J connectivity index is 2.44. The molecule has 0 saturated heterocycles. The molecule has 18 heavy (non-hydrogen) atoms. The predicted octanol–water partition coefficient (Wildman–Crippen LogP) is 1.62. The van der Waals surface area contributed by atoms with Crippen molar-refractivity contribution in [3.8, 4) is 6.07 Å². The van der Waals surface area contributed by atoms with E-state index in [0.717, 1.165) is 0 Å². The molecule has 0 saturated carbocycles. The van der Waals surface area contributed by atoms with E-state index in [9.17, 15) is 9.59 Å². The highest BCUT2D eigenvalue weighted by atomic mass is 16.5. The first-order chi connectivity index (χ1) is 8.65. The monoisotopic (exact) mass is 244 g/mol. The molecule has 0 unspecified atom stereocenters. The summed E-state index contributed by atoms with van der Waals surface area (Å²) in [6, 6.07) is 8.34. The van der Waals surface area contributed by atoms with E-state index in [1.165, 1.54) is 12.2 Å². The molecule has 0 aliphatic rings. The Hall–Kier alpha value is -2.61. The molecular weight excluding hydrogens is 232 g/mol. The van der Waals surface area contributed by atoms with Crippen LogP contribution in [0.3, 0.4) is 0 Å². The molecule has 1 aromatic rings. The minimum atomic E-state index is -0.563. The number of allylic oxidation sites excluding steroid dienone is 1. The molecule has 0 heterocycles. The van der Waals surface area contributed by atoms with Crippen molar-refractivity contribution in [1.82, 2.24) is 0 Å². The SMILES string of the molecule is C/C=C/C(=O)OCC(=O)Nc1ccc(C#N)cc1. The minimum absolute atomic E-state index is 0.344. The van der Waals surface area contributed by atoms with Crippen molar-refractivity contribution in [3.05, 3.63) is 42.0 Å². The number of benzene rings is 1. The molecule has 0 aliphatic heterocycles. The second kappa shape index (κ2) is 6.86. The molecule has 5 nitrogen and oxygen atoms in total. The third-order valence-electron chi connectivity index (χ3n) is 1.95. The maximum absolute atomic E-state index is 11.4. The van der Waals surface area contributed by atoms with Crippen LogP contribution >= 0.6 is 0 Å². The lowest BCUT2D eigenvalue weighted by molar-refractivity contribution is -0.142. The lowest BCUT2D eigenvalue weighted by Crippen LogP contribution is -2.20. The van der Waals surface area contributed by atoms with Crippen molar-refractivity contribution >= 4 is 17.6 Å². The normalized spacial score (nSPS) is 9.78. The Kier molecular flexibility index (Phi) is 5.13. The van der Waals surface area contributed by atoms with E-state index in [1.54, 1.807) is 31.2 Å². The van der Waals surface area contributed by atoms with Crippen LogP contribution in [-0.4, -0.2) is 18.5 Å². The number of hydrogen-bond acceptors (Lipinski definition) is 4. The molecule has 0 spiro atoms. The van der Waals surface area contributed by atoms with Gasteiger partial charge in [0.25, 0.3) is 5.91 Å². The predicted molar refractivity (Wildman–Crippen MR) is 65.6 cm³/mol. The Morgan fingerprint density at radius 1 is 1.39 bits per heavy atom. The third-order valence-corrected chi connectivity index (χ3v) is 1.95. The smallest absolute Gasteiger partial charge is 0.330 e. The van der Waals surface area contributed by atoms with Crippen LogP contribution < -0.4 is 5.32 Å². The summed E-state index contributed by atoms with van der Waals surface area (Å²) in [6.07, 6.45) is 2.76. The van der Waals surface area contributed by atoms with Crippen LogP contribution in [0.5, 0.6) is 0 Å². The Morgan fingerprint density at radius 3 is 2.61 bits per heavy atom. The van der Waals surface area contributed by atoms with Gasteiger partial charge >= 0.3 is 5.97 Å². The second-order valence-electron chi connectivity index (χ2n) is 3.35. The van der Waals surface area contributed by atoms with Crippen LogP contribution in [0.25, 0.3) is 0 Å². The van der Waals surface area contributed by atoms with Gasteiger partial charge in [0.15, 0.2) is 6.61 Å². The average molecular weight is 244 g/mol. The van der Waals surface area contributed by atoms with Crippen molar-refractivity contribution in [2.24, 2.45) is 0 Å². The van der Waals surface area contributed by atoms with Crippen LogP contribution in [0.1, 0.15) is 12.5 Å². The zero-order valence-electron chi connectivity index (χ0n) is 9.84. The number of nitrogens with one attached hydrogen (secondary N) is 1. The minimum Gasteiger partial charge on any atom is -0.452 e. The van der Waals surface area contributed by atoms with Gasteiger partial charge in [0.2, 0.25) is 0 Å². The Morgan fingerprint density at radius 2 is 2.06 bits per heavy atom. The Labute approximate surface area is 105 Å². The molecule has 5 heteroatoms. The van der Waals surface area contributed by atoms with Gasteiger partial charge in [-0.25, -0.2) is 4.79 Å². The molecule has 1 aromatic carbocycles. The lowest BCUT2D eigenvalue weighted by Gasteiger charge is -2.05. The average Bonchev–Trinajstić information content (AvgIpc) is 2.38. The molecule has 0 aromatic heterocycles. The molecule has 0 aliphatic carbocycles. The van der Waals surface area contributed by atoms with Crippen molar-refractivity contribution in [2.75, 3.05) is 11.9 Å². The third kappa shape index (κ3) is 4.49. The summed E-state index contributed by atoms with van der Waals surface area (Å²) in [4.78, 5) is 22.4. The van der Waals surface area contributed by atoms with Crippen LogP contribution in [0.2, 0.25) is 0 Å². The van der Waals surface area contributed by atoms with Crippen molar-refractivity contribution < 1.29 is 14.3 Å². The number of ether oxygens (including phenoxy) is 1. The number of anilines is 1. The molecule has 1 rings (SSSR count). The first kappa shape index (κ1) is 13.5. The van der Waals surface area contributed by atoms with E-state index < -0.39 is 11.9 Å². The standard InChI is InChI=1S/C13H12N2O3/c1-2-3-13(17)18-9-12(16)15-11-6-4-10(8-14)5-7-11/h2-7H,9H2,1H3,(H,15,16)/b3-2+. The summed E-state index contributed by atoms with van der Waals surface area (Å²) < 4.78 is 4.67. The highest BCUT2D eigenvalue weighted by molar-refractivity contribution is 5.93. The quantitative estimate of drug-likeness (QED) is 0.644. The van der Waals surface area contributed by atoms with Gasteiger partial charge < -0.3 is 10.1 Å². The van der Waals surface area contributed by atoms with E-state index in [1.807, 2.05) is 6.07 Å². The molecule has 92 valence electrons. The van der Waals surface area contributed by atoms with Gasteiger partial charge in [-0.05, 0) is 31.2 Å². The number of carbonyl (C=O) groups excluding carboxylic acids is 2. The van der Waals surface area contributed by atoms with Gasteiger partial charge in [0, 0.05) is 11.8 Å². The van der Waals surface area contributed by atoms with Gasteiger partial charge in [0.05, 0.1) is 11.6 Å². The summed E-state index contributed by atoms with van der Waals surface area (Å²) in [6.45, 7) is 1.33. The summed E-state index contributed by atoms with van der Waals surface area (Å²) in [7, 11) is 0. The number of amides is 1. The fraction of sp³-hybridized carbons (Fsp3) is 0.154. The summed E-state index contributed by atoms with van der Waals surface area (Å²) >= 11 is 0. The van der Waals surface area contributed by atoms with Crippen LogP contribution in [0.15, 0.2) is 36.4 Å². The fourth-order valence-corrected chi connectivity index (χ4v) is 1.15. The fourth-order valence-electron chi connectivity index (χ4n) is 1.15. The van der Waals surface area contributed by atoms with Crippen molar-refractivity contribution in [2.45, 2.75) is 6.92 Å². The van der Waals surface area contributed by atoms with Gasteiger partial charge in [-0.15, -0.1) is 0 Å². The number of carbonyl (C=O) groups is 2. The Bertz CT molecular complexity index is 498. The van der Waals surface area contributed by atoms with Gasteiger partial charge in [-0.1, -0.05) is 6.08 Å². The highest BCUT2D eigenvalue weighted by Crippen LogP contribution is 2.08. The van der Waals surface area contributed by atoms with Crippen LogP contribution in [0, 0.1) is 11.3 Å². The van der Waals surface area contributed by atoms with E-state index >= 15 is 0 Å². The second-order valence-corrected chi connectivity index (χ2v) is 3.35. The van der Waals surface area contributed by atoms with Crippen LogP contribution in [0.4, 0.5) is 5.69 Å². The number of nitrogens with zero attached hydrogens (tertiary/aromatic N) is 1. The van der Waals surface area contributed by atoms with E-state index in [0.29, 0.717) is 11.3 Å². The summed E-state index contributed by atoms with van der Waals surface area (Å²) in [5.74, 6) is -0.995. The first-order valence-electron chi connectivity index (χ1n) is 5.25. The maximum atomic E-state index is 11.4. The molecule has 0 fully saturated rings. The van der Waals surface area contributed by atoms with Crippen LogP contribution in [-0.2, 0) is 14.3 Å². The van der Waals surface area contributed by atoms with Crippen molar-refractivity contribution in [1.29, 1.82) is 5.26 Å². The van der Waals surface area contributed by atoms with E-state index in [2.05, 4.69) is 10.1 Å². The zero-order chi connectivity index (χ0) is 13.4. The molecule has 0 bridgehead atoms. The summed E-state index contributed by atoms with van der Waals surface area (Å²) in [5.41, 5.74) is 1.05. The topological polar surface area (TPSA) is 79.2 Å².